The Morgan fingerprint density at radius 3 is 2.08 bits per heavy atom. The van der Waals surface area contributed by atoms with Crippen molar-refractivity contribution >= 4 is 80.7 Å². The molecule has 1 aliphatic rings. The Hall–Kier alpha value is -6.51. The molecule has 0 aliphatic carbocycles. The van der Waals surface area contributed by atoms with Gasteiger partial charge in [0.25, 0.3) is 11.8 Å². The summed E-state index contributed by atoms with van der Waals surface area (Å²) in [5.41, 5.74) is 17.1. The number of amides is 4. The van der Waals surface area contributed by atoms with Crippen molar-refractivity contribution in [1.29, 1.82) is 0 Å². The fourth-order valence-electron chi connectivity index (χ4n) is 8.08. The van der Waals surface area contributed by atoms with Crippen LogP contribution in [0.5, 0.6) is 5.75 Å². The van der Waals surface area contributed by atoms with Crippen molar-refractivity contribution in [3.63, 3.8) is 0 Å². The maximum Gasteiger partial charge on any atom is 0.276 e. The zero-order chi connectivity index (χ0) is 47.2. The number of benzene rings is 2. The zero-order valence-electron chi connectivity index (χ0n) is 38.3. The number of imidazole rings is 2. The molecule has 4 aromatic heterocycles. The highest BCUT2D eigenvalue weighted by molar-refractivity contribution is 7.98. The molecule has 0 bridgehead atoms. The predicted molar refractivity (Wildman–Crippen MR) is 260 cm³/mol. The number of fused-ring (bicyclic) bond motifs is 2. The maximum atomic E-state index is 13.9. The number of allylic oxidation sites excluding steroid dienone is 3. The molecular formula is C46H57N13O5S2. The van der Waals surface area contributed by atoms with Gasteiger partial charge in [0, 0.05) is 74.1 Å². The minimum absolute atomic E-state index is 0.202. The summed E-state index contributed by atoms with van der Waals surface area (Å²) < 4.78 is 11.8. The number of rotatable bonds is 20. The molecule has 2 aromatic carbocycles. The summed E-state index contributed by atoms with van der Waals surface area (Å²) in [6.07, 6.45) is 7.96. The third-order valence-corrected chi connectivity index (χ3v) is 13.2. The normalized spacial score (nSPS) is 13.3. The minimum Gasteiger partial charge on any atom is -0.491 e. The molecule has 6 N–H and O–H groups in total. The quantitative estimate of drug-likeness (QED) is 0.0380. The Bertz CT molecular complexity index is 2850. The van der Waals surface area contributed by atoms with E-state index in [9.17, 15) is 19.2 Å². The molecule has 0 atom stereocenters. The first-order valence-corrected chi connectivity index (χ1v) is 24.1. The summed E-state index contributed by atoms with van der Waals surface area (Å²) in [5.74, 6) is -1.10. The van der Waals surface area contributed by atoms with E-state index in [1.54, 1.807) is 35.0 Å². The van der Waals surface area contributed by atoms with Crippen molar-refractivity contribution in [2.45, 2.75) is 78.4 Å². The van der Waals surface area contributed by atoms with Crippen LogP contribution in [0.2, 0.25) is 0 Å². The van der Waals surface area contributed by atoms with E-state index in [2.05, 4.69) is 44.0 Å². The second-order valence-corrected chi connectivity index (χ2v) is 17.9. The Labute approximate surface area is 391 Å². The molecule has 348 valence electrons. The SMILES string of the molecule is C=C(CC)N1CCN(CCCOc2cc(C(N)=O)cc3nc(NC(=O)c4cc(C)nn4CC)n(C/C=C/Cn4c(NC(=O)c5sc(C)nc5CC)nc5cc(C(N)=O)cc(SC)c54)c23)CC1. The van der Waals surface area contributed by atoms with Gasteiger partial charge in [-0.2, -0.15) is 5.10 Å². The molecular weight excluding hydrogens is 879 g/mol. The number of aromatic nitrogens is 7. The standard InChI is InChI=1S/C46H57N13O5S2/c1-8-28(5)56-19-17-55(18-20-56)14-13-21-64-36-25-30(41(47)60)23-33-38(36)57(45(50-33)52-43(62)35-22-27(4)54-59(35)10-3)15-11-12-16-58-39-34(24-31(42(48)61)26-37(39)65-7)51-46(58)53-44(63)40-32(9-2)49-29(6)66-40/h11-12,22-26H,5,8-10,13-21H2,1-4,6-7H3,(H2,47,60)(H2,48,61)(H,50,52,62)(H,51,53,63)/b12-11+. The maximum absolute atomic E-state index is 13.9. The van der Waals surface area contributed by atoms with Gasteiger partial charge in [0.15, 0.2) is 0 Å². The number of carbonyl (C=O) groups excluding carboxylic acids is 4. The van der Waals surface area contributed by atoms with E-state index in [1.807, 2.05) is 55.2 Å². The van der Waals surface area contributed by atoms with E-state index in [4.69, 9.17) is 26.2 Å². The monoisotopic (exact) mass is 935 g/mol. The summed E-state index contributed by atoms with van der Waals surface area (Å²) in [5, 5.41) is 11.2. The number of thioether (sulfide) groups is 1. The number of carbonyl (C=O) groups is 4. The van der Waals surface area contributed by atoms with Crippen molar-refractivity contribution in [3.05, 3.63) is 92.9 Å². The molecule has 1 aliphatic heterocycles. The van der Waals surface area contributed by atoms with E-state index in [-0.39, 0.29) is 36.5 Å². The molecule has 6 aromatic rings. The molecule has 20 heteroatoms. The van der Waals surface area contributed by atoms with Gasteiger partial charge >= 0.3 is 0 Å². The molecule has 1 fully saturated rings. The van der Waals surface area contributed by atoms with Gasteiger partial charge in [0.2, 0.25) is 23.7 Å². The third kappa shape index (κ3) is 10.3. The number of thiazole rings is 1. The van der Waals surface area contributed by atoms with Crippen LogP contribution in [0.15, 0.2) is 59.7 Å². The number of hydrogen-bond acceptors (Lipinski definition) is 13. The fraction of sp³-hybridized carbons (Fsp3) is 0.391. The van der Waals surface area contributed by atoms with Gasteiger partial charge in [-0.1, -0.05) is 32.6 Å². The summed E-state index contributed by atoms with van der Waals surface area (Å²) in [7, 11) is 0. The number of hydrogen-bond donors (Lipinski definition) is 4. The van der Waals surface area contributed by atoms with Crippen LogP contribution in [-0.2, 0) is 26.1 Å². The van der Waals surface area contributed by atoms with Gasteiger partial charge in [-0.15, -0.1) is 23.1 Å². The Morgan fingerprint density at radius 1 is 0.848 bits per heavy atom. The van der Waals surface area contributed by atoms with Crippen LogP contribution in [0.25, 0.3) is 22.1 Å². The second-order valence-electron chi connectivity index (χ2n) is 15.9. The summed E-state index contributed by atoms with van der Waals surface area (Å²) in [6.45, 7) is 19.7. The highest BCUT2D eigenvalue weighted by Crippen LogP contribution is 2.34. The highest BCUT2D eigenvalue weighted by atomic mass is 32.2. The van der Waals surface area contributed by atoms with Crippen molar-refractivity contribution in [2.75, 3.05) is 56.2 Å². The number of piperazine rings is 1. The van der Waals surface area contributed by atoms with Gasteiger partial charge in [-0.05, 0) is 76.6 Å². The Balaban J connectivity index is 1.22. The lowest BCUT2D eigenvalue weighted by molar-refractivity contribution is 0.0991. The number of primary amides is 2. The van der Waals surface area contributed by atoms with Crippen molar-refractivity contribution in [2.24, 2.45) is 11.5 Å². The van der Waals surface area contributed by atoms with Crippen LogP contribution in [0.4, 0.5) is 11.9 Å². The van der Waals surface area contributed by atoms with Gasteiger partial charge in [-0.25, -0.2) is 15.0 Å². The average molecular weight is 936 g/mol. The predicted octanol–water partition coefficient (Wildman–Crippen LogP) is 6.23. The molecule has 0 unspecified atom stereocenters. The number of aryl methyl sites for hydroxylation is 4. The molecule has 66 heavy (non-hydrogen) atoms. The van der Waals surface area contributed by atoms with Gasteiger partial charge in [-0.3, -0.25) is 39.4 Å². The van der Waals surface area contributed by atoms with Crippen LogP contribution >= 0.6 is 23.1 Å². The largest absolute Gasteiger partial charge is 0.491 e. The third-order valence-electron chi connectivity index (χ3n) is 11.5. The van der Waals surface area contributed by atoms with Crippen LogP contribution in [-0.4, -0.2) is 113 Å². The average Bonchev–Trinajstić information content (AvgIpc) is 4.07. The summed E-state index contributed by atoms with van der Waals surface area (Å²) in [4.78, 5) is 72.8. The highest BCUT2D eigenvalue weighted by Gasteiger charge is 2.24. The lowest BCUT2D eigenvalue weighted by Gasteiger charge is -2.36. The van der Waals surface area contributed by atoms with E-state index in [0.29, 0.717) is 74.9 Å². The van der Waals surface area contributed by atoms with Crippen molar-refractivity contribution in [1.82, 2.24) is 43.7 Å². The Morgan fingerprint density at radius 2 is 1.47 bits per heavy atom. The number of ether oxygens (including phenoxy) is 1. The lowest BCUT2D eigenvalue weighted by atomic mass is 10.1. The van der Waals surface area contributed by atoms with Crippen LogP contribution in [0.3, 0.4) is 0 Å². The molecule has 1 saturated heterocycles. The van der Waals surface area contributed by atoms with Gasteiger partial charge in [0.1, 0.15) is 21.8 Å². The molecule has 18 nitrogen and oxygen atoms in total. The van der Waals surface area contributed by atoms with Crippen molar-refractivity contribution in [3.8, 4) is 5.75 Å². The molecule has 0 saturated carbocycles. The first-order chi connectivity index (χ1) is 31.7. The number of anilines is 2. The van der Waals surface area contributed by atoms with Crippen LogP contribution in [0.1, 0.15) is 90.9 Å². The Kier molecular flexibility index (Phi) is 14.9. The zero-order valence-corrected chi connectivity index (χ0v) is 39.9. The van der Waals surface area contributed by atoms with Crippen LogP contribution in [0, 0.1) is 13.8 Å². The number of nitrogens with two attached hydrogens (primary N) is 2. The first kappa shape index (κ1) is 47.5. The van der Waals surface area contributed by atoms with Gasteiger partial charge in [0.05, 0.1) is 39.6 Å². The van der Waals surface area contributed by atoms with Crippen LogP contribution < -0.4 is 26.8 Å². The molecule has 7 rings (SSSR count). The molecule has 0 radical (unpaired) electrons. The lowest BCUT2D eigenvalue weighted by Crippen LogP contribution is -2.45. The molecule has 5 heterocycles. The second kappa shape index (κ2) is 20.8. The number of nitrogens with zero attached hydrogens (tertiary/aromatic N) is 9. The number of nitrogens with one attached hydrogen (secondary N) is 2. The minimum atomic E-state index is -0.643. The first-order valence-electron chi connectivity index (χ1n) is 22.0. The van der Waals surface area contributed by atoms with E-state index >= 15 is 0 Å². The fourth-order valence-corrected chi connectivity index (χ4v) is 9.63. The summed E-state index contributed by atoms with van der Waals surface area (Å²) >= 11 is 2.74. The summed E-state index contributed by atoms with van der Waals surface area (Å²) in [6, 6.07) is 8.26. The van der Waals surface area contributed by atoms with E-state index in [0.717, 1.165) is 61.2 Å². The molecule has 0 spiro atoms. The van der Waals surface area contributed by atoms with Gasteiger partial charge < -0.3 is 30.2 Å². The molecule has 4 amide bonds. The topological polar surface area (TPSA) is 226 Å². The van der Waals surface area contributed by atoms with Crippen molar-refractivity contribution < 1.29 is 23.9 Å². The van der Waals surface area contributed by atoms with E-state index in [1.165, 1.54) is 23.1 Å². The smallest absolute Gasteiger partial charge is 0.276 e. The van der Waals surface area contributed by atoms with E-state index < -0.39 is 17.7 Å².